The molecule has 12 aromatic carbocycles. The molecule has 20 heteroatoms. The van der Waals surface area contributed by atoms with E-state index in [1.807, 2.05) is 54.6 Å². The predicted octanol–water partition coefficient (Wildman–Crippen LogP) is 25.3. The van der Waals surface area contributed by atoms with Gasteiger partial charge in [-0.2, -0.15) is 52.7 Å². The van der Waals surface area contributed by atoms with Gasteiger partial charge < -0.3 is 0 Å². The minimum absolute atomic E-state index is 0.00733. The Bertz CT molecular complexity index is 5880. The molecule has 8 nitrogen and oxygen atoms in total. The number of rotatable bonds is 16. The molecule has 4 unspecified atom stereocenters. The van der Waals surface area contributed by atoms with Crippen LogP contribution in [0.4, 0.5) is 52.7 Å². The van der Waals surface area contributed by atoms with E-state index in [1.165, 1.54) is 52.0 Å². The number of halogens is 12. The lowest BCUT2D eigenvalue weighted by Crippen LogP contribution is -2.12. The van der Waals surface area contributed by atoms with Crippen molar-refractivity contribution in [3.8, 4) is 44.5 Å². The Labute approximate surface area is 696 Å². The van der Waals surface area contributed by atoms with Crippen LogP contribution in [0.3, 0.4) is 0 Å². The summed E-state index contributed by atoms with van der Waals surface area (Å²) in [5.74, 6) is -1.15. The third-order valence-electron chi connectivity index (χ3n) is 22.9. The van der Waals surface area contributed by atoms with Crippen molar-refractivity contribution < 1.29 is 91.0 Å². The molecular formula is C102H80F12O8. The largest absolute Gasteiger partial charge is 0.417 e. The average molecular weight is 1660 g/mol. The molecule has 0 aromatic heterocycles. The highest BCUT2D eigenvalue weighted by Crippen LogP contribution is 2.46. The minimum atomic E-state index is -4.47. The fraction of sp³-hybridized carbons (Fsp3) is 0.216. The molecule has 0 saturated carbocycles. The maximum atomic E-state index is 13.5. The number of hydrogen-bond acceptors (Lipinski definition) is 8. The first-order chi connectivity index (χ1) is 57.7. The second-order valence-corrected chi connectivity index (χ2v) is 31.5. The van der Waals surface area contributed by atoms with E-state index in [0.717, 1.165) is 87.0 Å². The number of carbonyl (C=O) groups is 8. The number of benzene rings is 12. The Balaban J connectivity index is 0.000000140. The van der Waals surface area contributed by atoms with E-state index in [1.54, 1.807) is 147 Å². The Kier molecular flexibility index (Phi) is 25.3. The molecule has 0 aliphatic heterocycles. The van der Waals surface area contributed by atoms with Gasteiger partial charge in [0.1, 0.15) is 0 Å². The molecule has 0 fully saturated rings. The summed E-state index contributed by atoms with van der Waals surface area (Å²) in [6.45, 7) is 9.29. The van der Waals surface area contributed by atoms with Crippen LogP contribution in [0.25, 0.3) is 44.5 Å². The Morgan fingerprint density at radius 1 is 0.262 bits per heavy atom. The quantitative estimate of drug-likeness (QED) is 0.0689. The second kappa shape index (κ2) is 35.5. The van der Waals surface area contributed by atoms with Crippen LogP contribution in [0.5, 0.6) is 0 Å². The van der Waals surface area contributed by atoms with Crippen molar-refractivity contribution in [2.45, 2.75) is 118 Å². The highest BCUT2D eigenvalue weighted by atomic mass is 19.4. The van der Waals surface area contributed by atoms with Gasteiger partial charge in [-0.3, -0.25) is 38.4 Å². The molecule has 4 aliphatic rings. The highest BCUT2D eigenvalue weighted by Gasteiger charge is 2.41. The van der Waals surface area contributed by atoms with Gasteiger partial charge in [0.05, 0.1) is 22.3 Å². The smallest absolute Gasteiger partial charge is 0.295 e. The third kappa shape index (κ3) is 19.6. The lowest BCUT2D eigenvalue weighted by molar-refractivity contribution is -0.138. The number of carbonyl (C=O) groups excluding carboxylic acids is 8. The van der Waals surface area contributed by atoms with Gasteiger partial charge in [-0.25, -0.2) is 0 Å². The predicted molar refractivity (Wildman–Crippen MR) is 444 cm³/mol. The molecule has 4 aliphatic carbocycles. The van der Waals surface area contributed by atoms with Crippen molar-refractivity contribution in [3.05, 3.63) is 377 Å². The molecule has 122 heavy (non-hydrogen) atoms. The minimum Gasteiger partial charge on any atom is -0.295 e. The van der Waals surface area contributed by atoms with E-state index < -0.39 is 47.0 Å². The van der Waals surface area contributed by atoms with Gasteiger partial charge in [-0.05, 0) is 236 Å². The summed E-state index contributed by atoms with van der Waals surface area (Å²) in [4.78, 5) is 97.7. The van der Waals surface area contributed by atoms with Crippen LogP contribution in [0.15, 0.2) is 255 Å². The van der Waals surface area contributed by atoms with Gasteiger partial charge >= 0.3 is 24.7 Å². The molecule has 0 saturated heterocycles. The monoisotopic (exact) mass is 1660 g/mol. The van der Waals surface area contributed by atoms with Crippen LogP contribution in [-0.4, -0.2) is 46.3 Å². The van der Waals surface area contributed by atoms with Gasteiger partial charge in [0, 0.05) is 68.2 Å². The Morgan fingerprint density at radius 2 is 0.516 bits per heavy atom. The summed E-state index contributed by atoms with van der Waals surface area (Å²) < 4.78 is 159. The lowest BCUT2D eigenvalue weighted by Gasteiger charge is -2.15. The van der Waals surface area contributed by atoms with E-state index in [9.17, 15) is 91.0 Å². The van der Waals surface area contributed by atoms with Crippen LogP contribution in [0.1, 0.15) is 188 Å². The van der Waals surface area contributed by atoms with Crippen LogP contribution in [0, 0.1) is 37.5 Å². The maximum absolute atomic E-state index is 13.5. The molecule has 0 radical (unpaired) electrons. The van der Waals surface area contributed by atoms with Crippen molar-refractivity contribution in [3.63, 3.8) is 0 Å². The standard InChI is InChI=1S/2C26H21F3O2.2C25H19F3O2/c2*1-15-10-19(13-21(11-15)26(27,28)29)22-4-3-5-23-24(22)14-20(25(23)31)12-17-6-8-18(9-7-17)16(2)30;1-15(29)17-11-9-16(10-12-17)13-18-14-22-19(6-4-7-21(22)24(18)30)20-5-2-3-8-23(20)25(26,27)28;1-15(29)17-7-5-16(6-8-17)13-19-14-23-21(3-2-4-22(23)24(19)30)18-9-11-20(12-10-18)25(26,27)28/h2*3-11,13,20H,12,14H2,1-2H3;2-12,18H,13-14H2,1H3;2-12,19H,13-14H2,1H3. The molecule has 0 amide bonds. The van der Waals surface area contributed by atoms with Crippen molar-refractivity contribution in [2.24, 2.45) is 23.7 Å². The Hall–Kier alpha value is -12.8. The molecule has 620 valence electrons. The number of hydrogen-bond donors (Lipinski definition) is 0. The van der Waals surface area contributed by atoms with Gasteiger partial charge in [0.15, 0.2) is 46.3 Å². The number of Topliss-reactive ketones (excluding diaryl/α,β-unsaturated/α-hetero) is 8. The zero-order chi connectivity index (χ0) is 87.6. The van der Waals surface area contributed by atoms with Crippen LogP contribution < -0.4 is 0 Å². The lowest BCUT2D eigenvalue weighted by atomic mass is 9.92. The normalized spacial score (nSPS) is 15.8. The topological polar surface area (TPSA) is 137 Å². The number of fused-ring (bicyclic) bond motifs is 4. The van der Waals surface area contributed by atoms with E-state index in [4.69, 9.17) is 0 Å². The summed E-state index contributed by atoms with van der Waals surface area (Å²) in [6.07, 6.45) is -13.7. The summed E-state index contributed by atoms with van der Waals surface area (Å²) in [5, 5.41) is 0. The van der Waals surface area contributed by atoms with Crippen LogP contribution in [-0.2, 0) is 76.1 Å². The summed E-state index contributed by atoms with van der Waals surface area (Å²) in [7, 11) is 0. The molecule has 16 rings (SSSR count). The van der Waals surface area contributed by atoms with Gasteiger partial charge in [-0.1, -0.05) is 212 Å². The maximum Gasteiger partial charge on any atom is 0.417 e. The summed E-state index contributed by atoms with van der Waals surface area (Å²) in [6, 6.07) is 68.2. The fourth-order valence-electron chi connectivity index (χ4n) is 16.8. The zero-order valence-electron chi connectivity index (χ0n) is 67.0. The summed E-state index contributed by atoms with van der Waals surface area (Å²) in [5.41, 5.74) is 14.3. The zero-order valence-corrected chi connectivity index (χ0v) is 67.0. The Morgan fingerprint density at radius 3 is 0.795 bits per heavy atom. The second-order valence-electron chi connectivity index (χ2n) is 31.5. The number of alkyl halides is 12. The molecule has 0 bridgehead atoms. The molecule has 0 heterocycles. The third-order valence-corrected chi connectivity index (χ3v) is 22.9. The first-order valence-electron chi connectivity index (χ1n) is 39.5. The van der Waals surface area contributed by atoms with Gasteiger partial charge in [-0.15, -0.1) is 0 Å². The first-order valence-corrected chi connectivity index (χ1v) is 39.5. The molecule has 0 N–H and O–H groups in total. The van der Waals surface area contributed by atoms with Crippen molar-refractivity contribution in [1.82, 2.24) is 0 Å². The molecular weight excluding hydrogens is 1580 g/mol. The van der Waals surface area contributed by atoms with E-state index in [-0.39, 0.29) is 75.5 Å². The molecule has 12 aromatic rings. The van der Waals surface area contributed by atoms with E-state index >= 15 is 0 Å². The van der Waals surface area contributed by atoms with Crippen molar-refractivity contribution >= 4 is 46.3 Å². The first kappa shape index (κ1) is 87.0. The van der Waals surface area contributed by atoms with Crippen molar-refractivity contribution in [2.75, 3.05) is 0 Å². The highest BCUT2D eigenvalue weighted by molar-refractivity contribution is 6.07. The van der Waals surface area contributed by atoms with Crippen LogP contribution in [0.2, 0.25) is 0 Å². The van der Waals surface area contributed by atoms with Crippen molar-refractivity contribution in [1.29, 1.82) is 0 Å². The summed E-state index contributed by atoms with van der Waals surface area (Å²) >= 11 is 0. The van der Waals surface area contributed by atoms with E-state index in [2.05, 4.69) is 0 Å². The molecule has 0 spiro atoms. The van der Waals surface area contributed by atoms with E-state index in [0.29, 0.717) is 146 Å². The van der Waals surface area contributed by atoms with Gasteiger partial charge in [0.25, 0.3) is 0 Å². The number of ketones is 8. The van der Waals surface area contributed by atoms with Crippen LogP contribution >= 0.6 is 0 Å². The van der Waals surface area contributed by atoms with Gasteiger partial charge in [0.2, 0.25) is 0 Å². The number of aryl methyl sites for hydroxylation is 2. The SMILES string of the molecule is CC(=O)c1ccc(CC2Cc3c(cccc3-c3cc(C)cc(C(F)(F)F)c3)C2=O)cc1.CC(=O)c1ccc(CC2Cc3c(cccc3-c3cc(C)cc(C(F)(F)F)c3)C2=O)cc1.CC(=O)c1ccc(CC2Cc3c(cccc3-c3ccc(C(F)(F)F)cc3)C2=O)cc1.CC(=O)c1ccc(CC2Cc3c(cccc3-c3ccccc3C(F)(F)F)C2=O)cc1. The fourth-order valence-corrected chi connectivity index (χ4v) is 16.8. The average Bonchev–Trinajstić information content (AvgIpc) is 1.62. The molecule has 4 atom stereocenters.